The van der Waals surface area contributed by atoms with Crippen LogP contribution in [0.2, 0.25) is 0 Å². The number of benzene rings is 1. The molecule has 20 heavy (non-hydrogen) atoms. The molecule has 0 spiro atoms. The first-order valence-electron chi connectivity index (χ1n) is 6.04. The van der Waals surface area contributed by atoms with Gasteiger partial charge < -0.3 is 15.6 Å². The second kappa shape index (κ2) is 6.25. The minimum absolute atomic E-state index is 0.0330. The maximum Gasteiger partial charge on any atom is 0.271 e. The van der Waals surface area contributed by atoms with Crippen LogP contribution >= 0.6 is 0 Å². The van der Waals surface area contributed by atoms with Crippen LogP contribution in [0.3, 0.4) is 0 Å². The van der Waals surface area contributed by atoms with E-state index in [2.05, 4.69) is 10.3 Å². The van der Waals surface area contributed by atoms with Crippen LogP contribution < -0.4 is 11.1 Å². The summed E-state index contributed by atoms with van der Waals surface area (Å²) in [6.45, 7) is 0.972. The normalized spacial score (nSPS) is 10.6. The van der Waals surface area contributed by atoms with E-state index in [9.17, 15) is 13.6 Å². The summed E-state index contributed by atoms with van der Waals surface area (Å²) in [7, 11) is 0. The Hall–Kier alpha value is -2.28. The van der Waals surface area contributed by atoms with E-state index in [1.165, 1.54) is 12.4 Å². The number of halogens is 2. The summed E-state index contributed by atoms with van der Waals surface area (Å²) >= 11 is 0. The number of carbonyl (C=O) groups is 1. The predicted octanol–water partition coefficient (Wildman–Crippen LogP) is 1.05. The summed E-state index contributed by atoms with van der Waals surface area (Å²) in [5.74, 6) is -1.78. The number of carbonyl (C=O) groups excluding carboxylic acids is 1. The van der Waals surface area contributed by atoms with Gasteiger partial charge in [-0.15, -0.1) is 0 Å². The van der Waals surface area contributed by atoms with E-state index in [1.807, 2.05) is 0 Å². The number of aromatic nitrogens is 2. The zero-order valence-corrected chi connectivity index (χ0v) is 10.6. The monoisotopic (exact) mass is 280 g/mol. The number of imidazole rings is 1. The molecule has 1 aromatic heterocycles. The van der Waals surface area contributed by atoms with Gasteiger partial charge in [-0.2, -0.15) is 0 Å². The molecule has 5 nitrogen and oxygen atoms in total. The van der Waals surface area contributed by atoms with Gasteiger partial charge in [-0.1, -0.05) is 6.07 Å². The lowest BCUT2D eigenvalue weighted by atomic mass is 10.2. The highest BCUT2D eigenvalue weighted by molar-refractivity contribution is 5.91. The van der Waals surface area contributed by atoms with E-state index in [1.54, 1.807) is 10.8 Å². The molecule has 0 radical (unpaired) electrons. The highest BCUT2D eigenvalue weighted by Crippen LogP contribution is 2.09. The number of hydrogen-bond donors (Lipinski definition) is 2. The fourth-order valence-corrected chi connectivity index (χ4v) is 1.68. The molecule has 0 saturated carbocycles. The molecule has 106 valence electrons. The molecule has 2 rings (SSSR count). The standard InChI is InChI=1S/C13H14F2N4O/c14-10-2-1-9(11(15)5-10)6-17-13(20)12-7-19(4-3-16)8-18-12/h1-2,5,7-8H,3-4,6,16H2,(H,17,20). The average Bonchev–Trinajstić information content (AvgIpc) is 2.86. The van der Waals surface area contributed by atoms with Gasteiger partial charge in [0.25, 0.3) is 5.91 Å². The first-order chi connectivity index (χ1) is 9.60. The van der Waals surface area contributed by atoms with Gasteiger partial charge in [-0.3, -0.25) is 4.79 Å². The minimum Gasteiger partial charge on any atom is -0.346 e. The van der Waals surface area contributed by atoms with Crippen LogP contribution in [-0.2, 0) is 13.1 Å². The lowest BCUT2D eigenvalue weighted by molar-refractivity contribution is 0.0946. The van der Waals surface area contributed by atoms with Crippen molar-refractivity contribution in [1.82, 2.24) is 14.9 Å². The Kier molecular flexibility index (Phi) is 4.41. The molecular weight excluding hydrogens is 266 g/mol. The molecule has 1 aromatic carbocycles. The molecule has 1 heterocycles. The number of amides is 1. The number of hydrogen-bond acceptors (Lipinski definition) is 3. The van der Waals surface area contributed by atoms with E-state index in [0.717, 1.165) is 12.1 Å². The molecule has 1 amide bonds. The Morgan fingerprint density at radius 3 is 2.90 bits per heavy atom. The van der Waals surface area contributed by atoms with Gasteiger partial charge in [0.1, 0.15) is 17.3 Å². The van der Waals surface area contributed by atoms with Crippen molar-refractivity contribution in [2.75, 3.05) is 6.54 Å². The van der Waals surface area contributed by atoms with Crippen LogP contribution in [0.25, 0.3) is 0 Å². The SMILES string of the molecule is NCCn1cnc(C(=O)NCc2ccc(F)cc2F)c1. The molecule has 7 heteroatoms. The second-order valence-electron chi connectivity index (χ2n) is 4.20. The van der Waals surface area contributed by atoms with Crippen molar-refractivity contribution in [3.8, 4) is 0 Å². The Balaban J connectivity index is 1.97. The first-order valence-corrected chi connectivity index (χ1v) is 6.04. The van der Waals surface area contributed by atoms with Gasteiger partial charge in [-0.25, -0.2) is 13.8 Å². The van der Waals surface area contributed by atoms with Crippen LogP contribution in [0, 0.1) is 11.6 Å². The third-order valence-corrected chi connectivity index (χ3v) is 2.71. The summed E-state index contributed by atoms with van der Waals surface area (Å²) in [6, 6.07) is 3.20. The molecule has 2 aromatic rings. The zero-order valence-electron chi connectivity index (χ0n) is 10.6. The fraction of sp³-hybridized carbons (Fsp3) is 0.231. The van der Waals surface area contributed by atoms with E-state index in [0.29, 0.717) is 13.1 Å². The summed E-state index contributed by atoms with van der Waals surface area (Å²) in [5.41, 5.74) is 5.82. The van der Waals surface area contributed by atoms with Crippen molar-refractivity contribution in [2.45, 2.75) is 13.1 Å². The quantitative estimate of drug-likeness (QED) is 0.860. The molecular formula is C13H14F2N4O. The molecule has 0 atom stereocenters. The van der Waals surface area contributed by atoms with E-state index >= 15 is 0 Å². The fourth-order valence-electron chi connectivity index (χ4n) is 1.68. The van der Waals surface area contributed by atoms with Gasteiger partial charge in [-0.05, 0) is 6.07 Å². The van der Waals surface area contributed by atoms with E-state index in [4.69, 9.17) is 5.73 Å². The first kappa shape index (κ1) is 14.1. The molecule has 0 aliphatic rings. The van der Waals surface area contributed by atoms with Crippen molar-refractivity contribution in [3.05, 3.63) is 53.6 Å². The summed E-state index contributed by atoms with van der Waals surface area (Å²) in [6.07, 6.45) is 3.06. The number of nitrogens with zero attached hydrogens (tertiary/aromatic N) is 2. The minimum atomic E-state index is -0.695. The smallest absolute Gasteiger partial charge is 0.271 e. The molecule has 3 N–H and O–H groups in total. The Bertz CT molecular complexity index is 612. The van der Waals surface area contributed by atoms with Gasteiger partial charge in [0.05, 0.1) is 6.33 Å². The van der Waals surface area contributed by atoms with E-state index in [-0.39, 0.29) is 17.8 Å². The maximum atomic E-state index is 13.4. The molecule has 0 aliphatic heterocycles. The summed E-state index contributed by atoms with van der Waals surface area (Å²) in [5, 5.41) is 2.52. The lowest BCUT2D eigenvalue weighted by Crippen LogP contribution is -2.23. The number of nitrogens with one attached hydrogen (secondary N) is 1. The molecule has 0 bridgehead atoms. The summed E-state index contributed by atoms with van der Waals surface area (Å²) in [4.78, 5) is 15.7. The van der Waals surface area contributed by atoms with Gasteiger partial charge >= 0.3 is 0 Å². The maximum absolute atomic E-state index is 13.4. The van der Waals surface area contributed by atoms with Crippen molar-refractivity contribution >= 4 is 5.91 Å². The van der Waals surface area contributed by atoms with Crippen molar-refractivity contribution in [3.63, 3.8) is 0 Å². The Labute approximate surface area is 114 Å². The Morgan fingerprint density at radius 2 is 2.20 bits per heavy atom. The predicted molar refractivity (Wildman–Crippen MR) is 68.8 cm³/mol. The third kappa shape index (κ3) is 3.39. The number of rotatable bonds is 5. The van der Waals surface area contributed by atoms with Crippen LogP contribution in [0.4, 0.5) is 8.78 Å². The van der Waals surface area contributed by atoms with Crippen molar-refractivity contribution < 1.29 is 13.6 Å². The van der Waals surface area contributed by atoms with Gasteiger partial charge in [0.15, 0.2) is 0 Å². The van der Waals surface area contributed by atoms with Crippen LogP contribution in [-0.4, -0.2) is 22.0 Å². The van der Waals surface area contributed by atoms with Crippen molar-refractivity contribution in [1.29, 1.82) is 0 Å². The highest BCUT2D eigenvalue weighted by atomic mass is 19.1. The van der Waals surface area contributed by atoms with Crippen LogP contribution in [0.15, 0.2) is 30.7 Å². The molecule has 0 fully saturated rings. The zero-order chi connectivity index (χ0) is 14.5. The lowest BCUT2D eigenvalue weighted by Gasteiger charge is -2.05. The second-order valence-corrected chi connectivity index (χ2v) is 4.20. The van der Waals surface area contributed by atoms with Gasteiger partial charge in [0.2, 0.25) is 0 Å². The third-order valence-electron chi connectivity index (χ3n) is 2.71. The van der Waals surface area contributed by atoms with E-state index < -0.39 is 17.5 Å². The van der Waals surface area contributed by atoms with Crippen molar-refractivity contribution in [2.24, 2.45) is 5.73 Å². The topological polar surface area (TPSA) is 72.9 Å². The molecule has 0 saturated heterocycles. The van der Waals surface area contributed by atoms with Gasteiger partial charge in [0, 0.05) is 37.5 Å². The summed E-state index contributed by atoms with van der Waals surface area (Å²) < 4.78 is 27.8. The molecule has 0 aliphatic carbocycles. The number of nitrogens with two attached hydrogens (primary N) is 1. The van der Waals surface area contributed by atoms with Crippen LogP contribution in [0.5, 0.6) is 0 Å². The molecule has 0 unspecified atom stereocenters. The largest absolute Gasteiger partial charge is 0.346 e. The average molecular weight is 280 g/mol. The Morgan fingerprint density at radius 1 is 1.40 bits per heavy atom. The van der Waals surface area contributed by atoms with Crippen LogP contribution in [0.1, 0.15) is 16.1 Å². The highest BCUT2D eigenvalue weighted by Gasteiger charge is 2.10.